The molecule has 0 unspecified atom stereocenters. The zero-order valence-corrected chi connectivity index (χ0v) is 71.9. The summed E-state index contributed by atoms with van der Waals surface area (Å²) in [6, 6.07) is 123. The van der Waals surface area contributed by atoms with Crippen LogP contribution in [0.2, 0.25) is 0 Å². The molecule has 12 rings (SSSR count). The Morgan fingerprint density at radius 2 is 0.343 bits per heavy atom. The molecule has 2 amide bonds. The molecule has 0 N–H and O–H groups in total. The standard InChI is InChI=1S/2C25H22P2.2C12H11O2P.2C3H7NO.4Ag.2ClHO4/c2*1-5-13-22(14-6-1)26(23-15-7-2-8-16-23)21-27(24-17-9-3-10-18-24)25-19-11-4-12-20-25;2*13-15(14,11-7-3-1-4-8-11)12-9-5-2-6-10-12;2*1-4(2)3-5;;;;;2*2-1(3,4)5/h2*1-20H,21H2;2*1-10H,(H,13,14);2*3H,1-2H3;;;;;2*(H,2,3,4,5)/q;;;;;;4*+1;;. The molecule has 28 heteroatoms. The first-order chi connectivity index (χ1) is 49.8. The summed E-state index contributed by atoms with van der Waals surface area (Å²) in [5, 5.41) is 13.5. The van der Waals surface area contributed by atoms with Crippen molar-refractivity contribution in [2.75, 3.05) is 40.0 Å². The first-order valence-electron chi connectivity index (χ1n) is 32.0. The van der Waals surface area contributed by atoms with E-state index < -0.39 is 66.9 Å². The van der Waals surface area contributed by atoms with Gasteiger partial charge in [-0.25, -0.2) is 37.3 Å². The molecule has 0 spiro atoms. The van der Waals surface area contributed by atoms with E-state index in [1.807, 2.05) is 0 Å². The van der Waals surface area contributed by atoms with Crippen molar-refractivity contribution in [3.63, 3.8) is 0 Å². The van der Waals surface area contributed by atoms with E-state index in [-0.39, 0.29) is 89.5 Å². The second-order valence-electron chi connectivity index (χ2n) is 22.5. The Morgan fingerprint density at radius 1 is 0.250 bits per heavy atom. The van der Waals surface area contributed by atoms with Gasteiger partial charge in [0.1, 0.15) is 74.1 Å². The van der Waals surface area contributed by atoms with Crippen molar-refractivity contribution in [3.8, 4) is 0 Å². The van der Waals surface area contributed by atoms with Gasteiger partial charge in [0.15, 0.2) is 11.8 Å². The van der Waals surface area contributed by atoms with Crippen LogP contribution in [0.4, 0.5) is 0 Å². The molecule has 12 aromatic rings. The second kappa shape index (κ2) is 55.4. The van der Waals surface area contributed by atoms with Gasteiger partial charge in [-0.15, -0.1) is 20.5 Å². The zero-order chi connectivity index (χ0) is 75.6. The van der Waals surface area contributed by atoms with Gasteiger partial charge in [0.2, 0.25) is 12.8 Å². The van der Waals surface area contributed by atoms with Crippen molar-refractivity contribution in [3.05, 3.63) is 364 Å². The van der Waals surface area contributed by atoms with Gasteiger partial charge in [-0.05, 0) is 97.1 Å². The number of nitrogens with zero attached hydrogens (tertiary/aromatic N) is 2. The van der Waals surface area contributed by atoms with Crippen LogP contribution in [0.15, 0.2) is 364 Å². The number of benzene rings is 12. The summed E-state index contributed by atoms with van der Waals surface area (Å²) in [6.45, 7) is 0. The number of hydrogen-bond acceptors (Lipinski definition) is 14. The molecule has 16 nitrogen and oxygen atoms in total. The fraction of sp³-hybridized carbons (Fsp3) is 0.0750. The molecule has 0 saturated carbocycles. The molecule has 0 atom stereocenters. The zero-order valence-electron chi connectivity index (χ0n) is 58.7. The van der Waals surface area contributed by atoms with Crippen LogP contribution in [0.25, 0.3) is 0 Å². The van der Waals surface area contributed by atoms with Crippen LogP contribution in [0, 0.1) is 20.5 Å². The third kappa shape index (κ3) is 39.9. The van der Waals surface area contributed by atoms with Gasteiger partial charge in [0.25, 0.3) is 0 Å². The molecule has 0 fully saturated rings. The Morgan fingerprint density at radius 3 is 0.435 bits per heavy atom. The average Bonchev–Trinajstić information content (AvgIpc) is 0.835. The van der Waals surface area contributed by atoms with Crippen LogP contribution in [0.3, 0.4) is 0 Å². The van der Waals surface area contributed by atoms with Gasteiger partial charge in [-0.1, -0.05) is 267 Å². The Hall–Kier alpha value is -5.10. The number of carbonyl (C=O) groups is 2. The van der Waals surface area contributed by atoms with E-state index in [0.29, 0.717) is 21.2 Å². The maximum atomic E-state index is 12.1. The first-order valence-corrected chi connectivity index (χ1v) is 44.5. The average molecular weight is 1980 g/mol. The molecule has 0 aliphatic carbocycles. The van der Waals surface area contributed by atoms with Crippen molar-refractivity contribution < 1.29 is 176 Å². The van der Waals surface area contributed by atoms with Crippen molar-refractivity contribution in [1.82, 2.24) is 9.80 Å². The molecule has 580 valence electrons. The minimum Gasteiger partial charge on any atom is -0.793 e. The maximum Gasteiger partial charge on any atom is 1.00 e. The number of halogens is 2. The molecular formula is C80H82Ag4Cl2N2O14P6+4. The van der Waals surface area contributed by atoms with Gasteiger partial charge in [-0.2, -0.15) is 0 Å². The predicted molar refractivity (Wildman–Crippen MR) is 411 cm³/mol. The molecule has 0 aromatic heterocycles. The van der Waals surface area contributed by atoms with E-state index in [9.17, 15) is 28.5 Å². The Kier molecular flexibility index (Phi) is 51.7. The van der Waals surface area contributed by atoms with Crippen LogP contribution < -0.4 is 111 Å². The molecule has 108 heavy (non-hydrogen) atoms. The molecule has 0 heterocycles. The molecular weight excluding hydrogens is 1900 g/mol. The third-order valence-electron chi connectivity index (χ3n) is 14.5. The second-order valence-corrected chi connectivity index (χ2v) is 39.6. The SMILES string of the molecule is CN(C)C=O.CN(C)C=O.O=P([O-])(c1ccccc1)c1ccccc1.O=P([O-])(c1ccccc1)c1ccccc1.[Ag+].[Ag+].[Ag+].[Ag+].[O-][Cl+3]([O-])([O-])[O-].[O-][Cl+3]([O-])([O-])[O-].c1ccc([PH+](C[PH+](c2ccccc2)c2ccccc2)c2ccccc2)cc1.c1ccc([PH+](C[PH+](c2ccccc2)c2ccccc2)c2ccccc2)cc1. The van der Waals surface area contributed by atoms with Crippen molar-refractivity contribution in [1.29, 1.82) is 0 Å². The van der Waals surface area contributed by atoms with Gasteiger partial charge in [-0.3, -0.25) is 9.59 Å². The van der Waals surface area contributed by atoms with Crippen molar-refractivity contribution in [2.45, 2.75) is 0 Å². The monoisotopic (exact) mass is 1980 g/mol. The number of carbonyl (C=O) groups excluding carboxylic acids is 2. The van der Waals surface area contributed by atoms with Crippen molar-refractivity contribution >= 4 is 123 Å². The number of hydrogen-bond donors (Lipinski definition) is 0. The minimum atomic E-state index is -4.94. The minimum absolute atomic E-state index is 0. The van der Waals surface area contributed by atoms with Gasteiger partial charge in [0.05, 0.1) is 14.7 Å². The van der Waals surface area contributed by atoms with Gasteiger partial charge < -0.3 is 28.7 Å². The number of amides is 2. The summed E-state index contributed by atoms with van der Waals surface area (Å²) in [5.74, 6) is 2.49. The molecule has 12 aromatic carbocycles. The van der Waals surface area contributed by atoms with Crippen LogP contribution in [0.5, 0.6) is 0 Å². The molecule has 0 saturated heterocycles. The maximum absolute atomic E-state index is 12.1. The third-order valence-corrected chi connectivity index (χ3v) is 32.3. The molecule has 0 bridgehead atoms. The summed E-state index contributed by atoms with van der Waals surface area (Å²) in [6.07, 6.45) is 1.50. The van der Waals surface area contributed by atoms with E-state index in [4.69, 9.17) is 37.3 Å². The largest absolute Gasteiger partial charge is 1.00 e. The van der Waals surface area contributed by atoms with E-state index in [2.05, 4.69) is 243 Å². The summed E-state index contributed by atoms with van der Waals surface area (Å²) >= 11 is 0. The summed E-state index contributed by atoms with van der Waals surface area (Å²) < 4.78 is 92.1. The summed E-state index contributed by atoms with van der Waals surface area (Å²) in [5.41, 5.74) is 0. The molecule has 0 radical (unpaired) electrons. The summed E-state index contributed by atoms with van der Waals surface area (Å²) in [7, 11) is -13.8. The quantitative estimate of drug-likeness (QED) is 0.0672. The fourth-order valence-corrected chi connectivity index (χ4v) is 28.1. The van der Waals surface area contributed by atoms with Crippen LogP contribution in [-0.2, 0) is 108 Å². The smallest absolute Gasteiger partial charge is 0.793 e. The Bertz CT molecular complexity index is 3670. The fourth-order valence-electron chi connectivity index (χ4n) is 9.75. The van der Waals surface area contributed by atoms with Crippen molar-refractivity contribution in [2.24, 2.45) is 0 Å². The van der Waals surface area contributed by atoms with E-state index in [1.165, 1.54) is 64.0 Å². The van der Waals surface area contributed by atoms with Crippen LogP contribution in [0.1, 0.15) is 0 Å². The normalized spacial score (nSPS) is 10.4. The van der Waals surface area contributed by atoms with E-state index in [0.717, 1.165) is 12.8 Å². The van der Waals surface area contributed by atoms with Gasteiger partial charge >= 0.3 is 89.5 Å². The predicted octanol–water partition coefficient (Wildman–Crippen LogP) is 1.79. The Labute approximate surface area is 705 Å². The molecule has 0 aliphatic heterocycles. The van der Waals surface area contributed by atoms with Gasteiger partial charge in [0, 0.05) is 49.4 Å². The Balaban J connectivity index is 0.000000670. The van der Waals surface area contributed by atoms with E-state index in [1.54, 1.807) is 150 Å². The van der Waals surface area contributed by atoms with E-state index >= 15 is 0 Å². The topological polar surface area (TPSA) is 305 Å². The van der Waals surface area contributed by atoms with Crippen LogP contribution in [-0.4, -0.2) is 62.6 Å². The first kappa shape index (κ1) is 101. The molecule has 0 aliphatic rings. The summed E-state index contributed by atoms with van der Waals surface area (Å²) in [4.78, 5) is 45.9. The number of rotatable bonds is 18. The van der Waals surface area contributed by atoms with Crippen LogP contribution >= 0.6 is 46.4 Å².